The van der Waals surface area contributed by atoms with Gasteiger partial charge in [-0.2, -0.15) is 0 Å². The average molecular weight is 452 g/mol. The third-order valence-corrected chi connectivity index (χ3v) is 6.27. The fourth-order valence-electron chi connectivity index (χ4n) is 3.79. The third-order valence-electron chi connectivity index (χ3n) is 5.35. The summed E-state index contributed by atoms with van der Waals surface area (Å²) >= 11 is 1.42. The predicted octanol–water partition coefficient (Wildman–Crippen LogP) is 4.95. The molecule has 32 heavy (non-hydrogen) atoms. The zero-order chi connectivity index (χ0) is 22.7. The molecule has 3 aromatic rings. The molecule has 5 nitrogen and oxygen atoms in total. The smallest absolute Gasteiger partial charge is 0.295 e. The van der Waals surface area contributed by atoms with Crippen molar-refractivity contribution in [2.45, 2.75) is 19.4 Å². The van der Waals surface area contributed by atoms with Crippen molar-refractivity contribution in [3.05, 3.63) is 93.4 Å². The Morgan fingerprint density at radius 2 is 1.81 bits per heavy atom. The average Bonchev–Trinajstić information content (AvgIpc) is 3.41. The maximum atomic E-state index is 13.2. The summed E-state index contributed by atoms with van der Waals surface area (Å²) in [6.45, 7) is 2.66. The molecule has 1 fully saturated rings. The number of likely N-dealkylation sites (tertiary alicyclic amines) is 1. The lowest BCUT2D eigenvalue weighted by molar-refractivity contribution is -0.139. The van der Waals surface area contributed by atoms with E-state index < -0.39 is 17.7 Å². The number of carbonyl (C=O) groups is 2. The Labute approximate surface area is 189 Å². The molecule has 1 unspecified atom stereocenters. The van der Waals surface area contributed by atoms with Crippen molar-refractivity contribution in [1.29, 1.82) is 0 Å². The first-order valence-electron chi connectivity index (χ1n) is 10.3. The number of aliphatic hydroxyl groups excluding tert-OH is 1. The van der Waals surface area contributed by atoms with Gasteiger partial charge in [-0.25, -0.2) is 4.39 Å². The Balaban J connectivity index is 1.69. The second kappa shape index (κ2) is 9.36. The molecule has 1 saturated heterocycles. The van der Waals surface area contributed by atoms with E-state index in [0.29, 0.717) is 24.3 Å². The van der Waals surface area contributed by atoms with Gasteiger partial charge in [0.05, 0.1) is 18.2 Å². The highest BCUT2D eigenvalue weighted by molar-refractivity contribution is 7.10. The molecular weight excluding hydrogens is 429 g/mol. The Morgan fingerprint density at radius 3 is 2.44 bits per heavy atom. The minimum atomic E-state index is -0.714. The fourth-order valence-corrected chi connectivity index (χ4v) is 4.63. The van der Waals surface area contributed by atoms with Crippen LogP contribution < -0.4 is 4.74 Å². The summed E-state index contributed by atoms with van der Waals surface area (Å²) in [5.41, 5.74) is 1.36. The van der Waals surface area contributed by atoms with Crippen molar-refractivity contribution in [2.75, 3.05) is 13.2 Å². The molecule has 1 aliphatic rings. The van der Waals surface area contributed by atoms with E-state index in [1.807, 2.05) is 24.4 Å². The van der Waals surface area contributed by atoms with Crippen molar-refractivity contribution in [1.82, 2.24) is 4.90 Å². The Morgan fingerprint density at radius 1 is 1.09 bits per heavy atom. The van der Waals surface area contributed by atoms with Crippen LogP contribution in [0.1, 0.15) is 29.0 Å². The number of hydrogen-bond donors (Lipinski definition) is 1. The zero-order valence-corrected chi connectivity index (χ0v) is 18.3. The Bertz CT molecular complexity index is 1140. The maximum Gasteiger partial charge on any atom is 0.295 e. The normalized spacial score (nSPS) is 17.7. The quantitative estimate of drug-likeness (QED) is 0.314. The van der Waals surface area contributed by atoms with Crippen LogP contribution in [0.4, 0.5) is 4.39 Å². The van der Waals surface area contributed by atoms with E-state index in [0.717, 1.165) is 10.4 Å². The molecule has 2 aromatic carbocycles. The number of rotatable bonds is 7. The summed E-state index contributed by atoms with van der Waals surface area (Å²) in [4.78, 5) is 28.2. The minimum Gasteiger partial charge on any atom is -0.507 e. The van der Waals surface area contributed by atoms with Crippen LogP contribution in [0, 0.1) is 5.82 Å². The number of aliphatic hydroxyl groups is 1. The lowest BCUT2D eigenvalue weighted by Gasteiger charge is -2.24. The molecule has 1 N–H and O–H groups in total. The van der Waals surface area contributed by atoms with Gasteiger partial charge in [-0.3, -0.25) is 9.59 Å². The van der Waals surface area contributed by atoms with Crippen LogP contribution in [0.3, 0.4) is 0 Å². The number of thiophene rings is 1. The van der Waals surface area contributed by atoms with Crippen LogP contribution >= 0.6 is 11.3 Å². The summed E-state index contributed by atoms with van der Waals surface area (Å²) in [6.07, 6.45) is 0.457. The zero-order valence-electron chi connectivity index (χ0n) is 17.5. The molecule has 0 bridgehead atoms. The molecule has 0 saturated carbocycles. The standard InChI is InChI=1S/C25H22FNO4S/c1-2-31-19-11-7-17(8-12-19)23(28)21-22(20-4-3-15-32-20)27(25(30)24(21)29)14-13-16-5-9-18(26)10-6-16/h3-12,15,22,28H,2,13-14H2,1H3/b23-21-. The number of nitrogens with zero attached hydrogens (tertiary/aromatic N) is 1. The van der Waals surface area contributed by atoms with E-state index in [4.69, 9.17) is 4.74 Å². The van der Waals surface area contributed by atoms with Gasteiger partial charge in [0.25, 0.3) is 11.7 Å². The van der Waals surface area contributed by atoms with Crippen LogP contribution in [-0.2, 0) is 16.0 Å². The summed E-state index contributed by atoms with van der Waals surface area (Å²) in [7, 11) is 0. The predicted molar refractivity (Wildman–Crippen MR) is 121 cm³/mol. The molecule has 7 heteroatoms. The number of benzene rings is 2. The second-order valence-corrected chi connectivity index (χ2v) is 8.32. The third kappa shape index (κ3) is 4.29. The Hall–Kier alpha value is -3.45. The van der Waals surface area contributed by atoms with Crippen LogP contribution in [0.5, 0.6) is 5.75 Å². The molecule has 1 amide bonds. The monoisotopic (exact) mass is 451 g/mol. The number of halogens is 1. The summed E-state index contributed by atoms with van der Waals surface area (Å²) in [5, 5.41) is 12.9. The minimum absolute atomic E-state index is 0.0701. The number of ether oxygens (including phenoxy) is 1. The Kier molecular flexibility index (Phi) is 6.37. The van der Waals surface area contributed by atoms with Crippen molar-refractivity contribution in [3.8, 4) is 5.75 Å². The van der Waals surface area contributed by atoms with Crippen molar-refractivity contribution in [2.24, 2.45) is 0 Å². The van der Waals surface area contributed by atoms with Crippen molar-refractivity contribution < 1.29 is 23.8 Å². The molecule has 1 aromatic heterocycles. The maximum absolute atomic E-state index is 13.2. The van der Waals surface area contributed by atoms with Crippen molar-refractivity contribution >= 4 is 28.8 Å². The largest absolute Gasteiger partial charge is 0.507 e. The van der Waals surface area contributed by atoms with E-state index in [-0.39, 0.29) is 23.7 Å². The van der Waals surface area contributed by atoms with Gasteiger partial charge in [-0.05, 0) is 66.8 Å². The molecule has 0 radical (unpaired) electrons. The number of hydrogen-bond acceptors (Lipinski definition) is 5. The van der Waals surface area contributed by atoms with E-state index in [2.05, 4.69) is 0 Å². The van der Waals surface area contributed by atoms with Crippen LogP contribution in [-0.4, -0.2) is 34.8 Å². The van der Waals surface area contributed by atoms with Gasteiger partial charge in [0.15, 0.2) is 0 Å². The first kappa shape index (κ1) is 21.8. The summed E-state index contributed by atoms with van der Waals surface area (Å²) in [6, 6.07) is 15.8. The van der Waals surface area contributed by atoms with Gasteiger partial charge in [0.2, 0.25) is 0 Å². The SMILES string of the molecule is CCOc1ccc(/C(O)=C2/C(=O)C(=O)N(CCc3ccc(F)cc3)C2c2cccs2)cc1. The van der Waals surface area contributed by atoms with E-state index in [9.17, 15) is 19.1 Å². The second-order valence-electron chi connectivity index (χ2n) is 7.34. The van der Waals surface area contributed by atoms with E-state index >= 15 is 0 Å². The van der Waals surface area contributed by atoms with Gasteiger partial charge in [0.1, 0.15) is 17.3 Å². The molecular formula is C25H22FNO4S. The van der Waals surface area contributed by atoms with Gasteiger partial charge < -0.3 is 14.7 Å². The highest BCUT2D eigenvalue weighted by atomic mass is 32.1. The van der Waals surface area contributed by atoms with Gasteiger partial charge in [-0.1, -0.05) is 18.2 Å². The highest BCUT2D eigenvalue weighted by Crippen LogP contribution is 2.41. The fraction of sp³-hybridized carbons (Fsp3) is 0.200. The van der Waals surface area contributed by atoms with Crippen molar-refractivity contribution in [3.63, 3.8) is 0 Å². The van der Waals surface area contributed by atoms with E-state index in [1.54, 1.807) is 36.4 Å². The molecule has 2 heterocycles. The van der Waals surface area contributed by atoms with Crippen LogP contribution in [0.2, 0.25) is 0 Å². The molecule has 164 valence electrons. The first-order valence-corrected chi connectivity index (χ1v) is 11.2. The van der Waals surface area contributed by atoms with E-state index in [1.165, 1.54) is 28.4 Å². The van der Waals surface area contributed by atoms with Gasteiger partial charge in [-0.15, -0.1) is 11.3 Å². The molecule has 1 atom stereocenters. The number of carbonyl (C=O) groups excluding carboxylic acids is 2. The summed E-state index contributed by atoms with van der Waals surface area (Å²) in [5.74, 6) is -1.26. The van der Waals surface area contributed by atoms with Crippen LogP contribution in [0.25, 0.3) is 5.76 Å². The number of Topliss-reactive ketones (excluding diaryl/α,β-unsaturated/α-hetero) is 1. The molecule has 0 aliphatic carbocycles. The van der Waals surface area contributed by atoms with Crippen LogP contribution in [0.15, 0.2) is 71.6 Å². The number of ketones is 1. The topological polar surface area (TPSA) is 66.8 Å². The summed E-state index contributed by atoms with van der Waals surface area (Å²) < 4.78 is 18.6. The highest BCUT2D eigenvalue weighted by Gasteiger charge is 2.46. The van der Waals surface area contributed by atoms with Gasteiger partial charge >= 0.3 is 0 Å². The molecule has 0 spiro atoms. The molecule has 4 rings (SSSR count). The number of amides is 1. The molecule has 1 aliphatic heterocycles. The van der Waals surface area contributed by atoms with Gasteiger partial charge in [0, 0.05) is 17.0 Å². The lowest BCUT2D eigenvalue weighted by Crippen LogP contribution is -2.31. The lowest BCUT2D eigenvalue weighted by atomic mass is 9.99. The first-order chi connectivity index (χ1) is 15.5.